The van der Waals surface area contributed by atoms with Gasteiger partial charge in [0.1, 0.15) is 11.3 Å². The van der Waals surface area contributed by atoms with Crippen LogP contribution in [0.15, 0.2) is 72.9 Å². The Labute approximate surface area is 196 Å². The molecule has 1 saturated carbocycles. The van der Waals surface area contributed by atoms with Crippen molar-refractivity contribution in [2.24, 2.45) is 0 Å². The zero-order valence-corrected chi connectivity index (χ0v) is 19.8. The monoisotopic (exact) mass is 443 g/mol. The van der Waals surface area contributed by atoms with E-state index in [2.05, 4.69) is 60.5 Å². The normalized spacial score (nSPS) is 20.4. The first-order chi connectivity index (χ1) is 15.9. The molecule has 0 spiro atoms. The molecular formula is C28H33N3O2. The molecule has 1 aliphatic carbocycles. The lowest BCUT2D eigenvalue weighted by Gasteiger charge is -2.45. The van der Waals surface area contributed by atoms with Gasteiger partial charge in [-0.1, -0.05) is 48.0 Å². The number of carbonyl (C=O) groups excluding carboxylic acids is 1. The van der Waals surface area contributed by atoms with Gasteiger partial charge in [0.25, 0.3) is 5.91 Å². The van der Waals surface area contributed by atoms with Gasteiger partial charge < -0.3 is 15.0 Å². The van der Waals surface area contributed by atoms with Crippen LogP contribution in [-0.2, 0) is 6.42 Å². The van der Waals surface area contributed by atoms with Crippen molar-refractivity contribution in [1.82, 2.24) is 15.2 Å². The number of nitrogens with zero attached hydrogens (tertiary/aromatic N) is 2. The number of likely N-dealkylation sites (N-methyl/N-ethyl adjacent to an activating group) is 1. The van der Waals surface area contributed by atoms with E-state index in [1.807, 2.05) is 30.3 Å². The van der Waals surface area contributed by atoms with Crippen molar-refractivity contribution in [1.29, 1.82) is 0 Å². The van der Waals surface area contributed by atoms with E-state index in [9.17, 15) is 4.79 Å². The predicted molar refractivity (Wildman–Crippen MR) is 132 cm³/mol. The second-order valence-electron chi connectivity index (χ2n) is 9.30. The average Bonchev–Trinajstić information content (AvgIpc) is 2.81. The van der Waals surface area contributed by atoms with Crippen molar-refractivity contribution in [3.63, 3.8) is 0 Å². The fraction of sp³-hybridized carbons (Fsp3) is 0.357. The van der Waals surface area contributed by atoms with Crippen LogP contribution in [0, 0.1) is 6.92 Å². The Bertz CT molecular complexity index is 1070. The summed E-state index contributed by atoms with van der Waals surface area (Å²) in [5.74, 6) is 0.865. The van der Waals surface area contributed by atoms with E-state index in [1.54, 1.807) is 18.3 Å². The molecule has 172 valence electrons. The van der Waals surface area contributed by atoms with Crippen LogP contribution in [0.4, 0.5) is 0 Å². The molecule has 0 aliphatic heterocycles. The lowest BCUT2D eigenvalue weighted by molar-refractivity contribution is 0.0768. The SMILES string of the molecule is Cc1cccc(CC2(N(C)C)CCC(NC(=O)c3cccnc3Oc3ccccc3)CC2)c1. The van der Waals surface area contributed by atoms with E-state index < -0.39 is 0 Å². The fourth-order valence-corrected chi connectivity index (χ4v) is 4.79. The molecule has 0 atom stereocenters. The number of hydrogen-bond donors (Lipinski definition) is 1. The van der Waals surface area contributed by atoms with Crippen LogP contribution < -0.4 is 10.1 Å². The largest absolute Gasteiger partial charge is 0.438 e. The first-order valence-electron chi connectivity index (χ1n) is 11.7. The summed E-state index contributed by atoms with van der Waals surface area (Å²) in [6.45, 7) is 2.15. The van der Waals surface area contributed by atoms with E-state index in [4.69, 9.17) is 4.74 Å². The molecule has 0 bridgehead atoms. The Balaban J connectivity index is 1.41. The number of nitrogens with one attached hydrogen (secondary N) is 1. The van der Waals surface area contributed by atoms with E-state index in [0.29, 0.717) is 17.2 Å². The van der Waals surface area contributed by atoms with E-state index >= 15 is 0 Å². The molecular weight excluding hydrogens is 410 g/mol. The molecule has 2 aromatic carbocycles. The van der Waals surface area contributed by atoms with Gasteiger partial charge in [-0.15, -0.1) is 0 Å². The number of ether oxygens (including phenoxy) is 1. The molecule has 1 amide bonds. The Morgan fingerprint density at radius 1 is 1.06 bits per heavy atom. The molecule has 1 aromatic heterocycles. The number of amides is 1. The molecule has 1 aliphatic rings. The maximum Gasteiger partial charge on any atom is 0.257 e. The number of aromatic nitrogens is 1. The van der Waals surface area contributed by atoms with Crippen molar-refractivity contribution in [2.45, 2.75) is 50.6 Å². The van der Waals surface area contributed by atoms with Gasteiger partial charge in [0, 0.05) is 17.8 Å². The molecule has 5 nitrogen and oxygen atoms in total. The number of rotatable bonds is 7. The highest BCUT2D eigenvalue weighted by Crippen LogP contribution is 2.36. The van der Waals surface area contributed by atoms with Crippen molar-refractivity contribution < 1.29 is 9.53 Å². The maximum absolute atomic E-state index is 13.1. The molecule has 33 heavy (non-hydrogen) atoms. The van der Waals surface area contributed by atoms with Crippen molar-refractivity contribution in [3.05, 3.63) is 89.6 Å². The smallest absolute Gasteiger partial charge is 0.257 e. The van der Waals surface area contributed by atoms with Gasteiger partial charge in [-0.2, -0.15) is 0 Å². The van der Waals surface area contributed by atoms with E-state index in [1.165, 1.54) is 11.1 Å². The second-order valence-corrected chi connectivity index (χ2v) is 9.30. The van der Waals surface area contributed by atoms with Gasteiger partial charge in [-0.25, -0.2) is 4.98 Å². The number of pyridine rings is 1. The molecule has 1 heterocycles. The summed E-state index contributed by atoms with van der Waals surface area (Å²) in [6, 6.07) is 21.9. The summed E-state index contributed by atoms with van der Waals surface area (Å²) >= 11 is 0. The highest BCUT2D eigenvalue weighted by Gasteiger charge is 2.37. The number of aryl methyl sites for hydroxylation is 1. The lowest BCUT2D eigenvalue weighted by atomic mass is 9.74. The molecule has 0 saturated heterocycles. The molecule has 4 rings (SSSR count). The van der Waals surface area contributed by atoms with Gasteiger partial charge in [-0.05, 0) is 83.0 Å². The molecule has 5 heteroatoms. The summed E-state index contributed by atoms with van der Waals surface area (Å²) in [4.78, 5) is 19.8. The Hall–Kier alpha value is -3.18. The van der Waals surface area contributed by atoms with Gasteiger partial charge in [0.15, 0.2) is 0 Å². The fourth-order valence-electron chi connectivity index (χ4n) is 4.79. The predicted octanol–water partition coefficient (Wildman–Crippen LogP) is 5.40. The van der Waals surface area contributed by atoms with Crippen LogP contribution in [-0.4, -0.2) is 41.5 Å². The standard InChI is InChI=1S/C28H33N3O2/c1-21-9-7-10-22(19-21)20-28(31(2)3)16-14-23(15-17-28)30-26(32)25-13-8-18-29-27(25)33-24-11-5-4-6-12-24/h4-13,18-19,23H,14-17,20H2,1-3H3,(H,30,32). The number of para-hydroxylation sites is 1. The topological polar surface area (TPSA) is 54.5 Å². The third-order valence-corrected chi connectivity index (χ3v) is 6.79. The summed E-state index contributed by atoms with van der Waals surface area (Å²) < 4.78 is 5.88. The first kappa shape index (κ1) is 23.0. The third kappa shape index (κ3) is 5.60. The molecule has 0 radical (unpaired) electrons. The Morgan fingerprint density at radius 3 is 2.52 bits per heavy atom. The zero-order chi connectivity index (χ0) is 23.3. The lowest BCUT2D eigenvalue weighted by Crippen LogP contribution is -2.52. The Morgan fingerprint density at radius 2 is 1.82 bits per heavy atom. The van der Waals surface area contributed by atoms with Crippen LogP contribution in [0.5, 0.6) is 11.6 Å². The minimum Gasteiger partial charge on any atom is -0.438 e. The van der Waals surface area contributed by atoms with Crippen molar-refractivity contribution in [2.75, 3.05) is 14.1 Å². The van der Waals surface area contributed by atoms with E-state index in [0.717, 1.165) is 32.1 Å². The van der Waals surface area contributed by atoms with E-state index in [-0.39, 0.29) is 17.5 Å². The number of carbonyl (C=O) groups is 1. The van der Waals surface area contributed by atoms with Crippen LogP contribution in [0.25, 0.3) is 0 Å². The summed E-state index contributed by atoms with van der Waals surface area (Å²) in [6.07, 6.45) is 6.65. The van der Waals surface area contributed by atoms with Gasteiger partial charge in [-0.3, -0.25) is 4.79 Å². The minimum absolute atomic E-state index is 0.116. The number of benzene rings is 2. The van der Waals surface area contributed by atoms with Crippen molar-refractivity contribution in [3.8, 4) is 11.6 Å². The minimum atomic E-state index is -0.130. The van der Waals surface area contributed by atoms with Crippen LogP contribution >= 0.6 is 0 Å². The molecule has 3 aromatic rings. The average molecular weight is 444 g/mol. The third-order valence-electron chi connectivity index (χ3n) is 6.79. The zero-order valence-electron chi connectivity index (χ0n) is 19.8. The Kier molecular flexibility index (Phi) is 7.09. The summed E-state index contributed by atoms with van der Waals surface area (Å²) in [5, 5.41) is 3.23. The molecule has 1 fully saturated rings. The second kappa shape index (κ2) is 10.2. The first-order valence-corrected chi connectivity index (χ1v) is 11.7. The summed E-state index contributed by atoms with van der Waals surface area (Å²) in [5.41, 5.74) is 3.26. The molecule has 0 unspecified atom stereocenters. The highest BCUT2D eigenvalue weighted by atomic mass is 16.5. The van der Waals surface area contributed by atoms with Gasteiger partial charge >= 0.3 is 0 Å². The van der Waals surface area contributed by atoms with Crippen LogP contribution in [0.3, 0.4) is 0 Å². The number of hydrogen-bond acceptors (Lipinski definition) is 4. The van der Waals surface area contributed by atoms with Crippen molar-refractivity contribution >= 4 is 5.91 Å². The van der Waals surface area contributed by atoms with Gasteiger partial charge in [0.05, 0.1) is 0 Å². The maximum atomic E-state index is 13.1. The van der Waals surface area contributed by atoms with Gasteiger partial charge in [0.2, 0.25) is 5.88 Å². The van der Waals surface area contributed by atoms with Crippen LogP contribution in [0.1, 0.15) is 47.2 Å². The summed E-state index contributed by atoms with van der Waals surface area (Å²) in [7, 11) is 4.36. The highest BCUT2D eigenvalue weighted by molar-refractivity contribution is 5.96. The quantitative estimate of drug-likeness (QED) is 0.531. The van der Waals surface area contributed by atoms with Crippen LogP contribution in [0.2, 0.25) is 0 Å². The molecule has 1 N–H and O–H groups in total.